The Kier molecular flexibility index (Phi) is 3.64. The van der Waals surface area contributed by atoms with E-state index in [1.165, 1.54) is 0 Å². The molecule has 0 radical (unpaired) electrons. The van der Waals surface area contributed by atoms with Gasteiger partial charge in [-0.05, 0) is 20.8 Å². The van der Waals surface area contributed by atoms with Crippen molar-refractivity contribution in [2.75, 3.05) is 13.2 Å². The van der Waals surface area contributed by atoms with E-state index in [1.807, 2.05) is 0 Å². The van der Waals surface area contributed by atoms with Crippen molar-refractivity contribution < 1.29 is 27.2 Å². The van der Waals surface area contributed by atoms with Crippen LogP contribution < -0.4 is 0 Å². The van der Waals surface area contributed by atoms with Crippen LogP contribution in [0, 0.1) is 0 Å². The Bertz CT molecular complexity index is 335. The quantitative estimate of drug-likeness (QED) is 0.673. The van der Waals surface area contributed by atoms with E-state index in [9.17, 15) is 17.7 Å². The summed E-state index contributed by atoms with van der Waals surface area (Å²) in [4.78, 5) is 12.4. The second-order valence-corrected chi connectivity index (χ2v) is 4.63. The van der Waals surface area contributed by atoms with Crippen molar-refractivity contribution in [3.05, 3.63) is 11.9 Å². The minimum atomic E-state index is -5.23. The molecule has 0 unspecified atom stereocenters. The number of carbonyl (C=O) groups excluding carboxylic acids is 1. The van der Waals surface area contributed by atoms with Crippen molar-refractivity contribution in [2.45, 2.75) is 26.4 Å². The molecule has 8 heteroatoms. The van der Waals surface area contributed by atoms with Crippen LogP contribution in [0.2, 0.25) is 0 Å². The van der Waals surface area contributed by atoms with Gasteiger partial charge in [0, 0.05) is 6.20 Å². The summed E-state index contributed by atoms with van der Waals surface area (Å²) < 4.78 is 46.7. The molecule has 17 heavy (non-hydrogen) atoms. The predicted octanol–water partition coefficient (Wildman–Crippen LogP) is 2.48. The fourth-order valence-corrected chi connectivity index (χ4v) is 1.16. The molecule has 1 aliphatic rings. The average molecular weight is 252 g/mol. The highest BCUT2D eigenvalue weighted by atomic mass is 19.4. The third-order valence-corrected chi connectivity index (χ3v) is 1.83. The van der Waals surface area contributed by atoms with Crippen LogP contribution in [0.5, 0.6) is 0 Å². The summed E-state index contributed by atoms with van der Waals surface area (Å²) in [7, 11) is 0. The molecule has 1 rings (SSSR count). The largest absolute Gasteiger partial charge is 0.545 e. The average Bonchev–Trinajstić information content (AvgIpc) is 2.14. The number of rotatable bonds is 1. The molecule has 0 aromatic heterocycles. The van der Waals surface area contributed by atoms with Gasteiger partial charge in [-0.25, -0.2) is 4.79 Å². The molecule has 0 spiro atoms. The first-order valence-corrected chi connectivity index (χ1v) is 5.14. The van der Waals surface area contributed by atoms with E-state index in [-0.39, 0.29) is 13.2 Å². The maximum absolute atomic E-state index is 12.4. The zero-order valence-corrected chi connectivity index (χ0v) is 9.87. The highest BCUT2D eigenvalue weighted by Crippen LogP contribution is 2.24. The van der Waals surface area contributed by atoms with E-state index in [0.29, 0.717) is 6.20 Å². The molecular weight excluding hydrogens is 238 g/mol. The van der Waals surface area contributed by atoms with E-state index in [0.717, 1.165) is 4.90 Å². The Hall–Kier alpha value is -1.34. The minimum Gasteiger partial charge on any atom is -0.526 e. The molecule has 1 heterocycles. The van der Waals surface area contributed by atoms with Crippen LogP contribution in [0.15, 0.2) is 11.9 Å². The van der Waals surface area contributed by atoms with Gasteiger partial charge in [-0.1, -0.05) is 0 Å². The second-order valence-electron chi connectivity index (χ2n) is 4.63. The molecule has 98 valence electrons. The normalized spacial score (nSPS) is 17.3. The molecule has 0 bridgehead atoms. The lowest BCUT2D eigenvalue weighted by molar-refractivity contribution is 0.0252. The summed E-state index contributed by atoms with van der Waals surface area (Å²) in [5, 5.41) is 0. The molecule has 0 N–H and O–H groups in total. The van der Waals surface area contributed by atoms with E-state index in [1.54, 1.807) is 20.8 Å². The zero-order valence-electron chi connectivity index (χ0n) is 9.87. The maximum Gasteiger partial charge on any atom is 0.545 e. The standard InChI is InChI=1S/C9H14BF3NO3/c1-9(2,3)17-8(15)14-4-5-16-7(6-14)10(11,12)13/h6H,4-5H2,1-3H3/q-1. The van der Waals surface area contributed by atoms with Gasteiger partial charge in [0.25, 0.3) is 0 Å². The van der Waals surface area contributed by atoms with Crippen LogP contribution in [0.3, 0.4) is 0 Å². The van der Waals surface area contributed by atoms with E-state index in [2.05, 4.69) is 4.74 Å². The smallest absolute Gasteiger partial charge is 0.526 e. The molecule has 0 aromatic rings. The third kappa shape index (κ3) is 4.20. The van der Waals surface area contributed by atoms with Crippen LogP contribution in [0.4, 0.5) is 17.7 Å². The van der Waals surface area contributed by atoms with Crippen molar-refractivity contribution in [2.24, 2.45) is 0 Å². The van der Waals surface area contributed by atoms with Crippen LogP contribution >= 0.6 is 0 Å². The number of amides is 1. The van der Waals surface area contributed by atoms with Gasteiger partial charge < -0.3 is 22.4 Å². The summed E-state index contributed by atoms with van der Waals surface area (Å²) in [5.41, 5.74) is -1.87. The van der Waals surface area contributed by atoms with E-state index in [4.69, 9.17) is 4.74 Å². The van der Waals surface area contributed by atoms with Gasteiger partial charge in [0.2, 0.25) is 0 Å². The summed E-state index contributed by atoms with van der Waals surface area (Å²) >= 11 is 0. The first-order chi connectivity index (χ1) is 7.59. The third-order valence-electron chi connectivity index (χ3n) is 1.83. The SMILES string of the molecule is CC(C)(C)OC(=O)N1C=C([B-](F)(F)F)OCC1. The number of ether oxygens (including phenoxy) is 2. The van der Waals surface area contributed by atoms with Crippen LogP contribution in [0.1, 0.15) is 20.8 Å². The number of halogens is 3. The highest BCUT2D eigenvalue weighted by molar-refractivity contribution is 6.66. The van der Waals surface area contributed by atoms with Gasteiger partial charge >= 0.3 is 13.1 Å². The number of hydrogen-bond donors (Lipinski definition) is 0. The molecule has 1 aliphatic heterocycles. The maximum atomic E-state index is 12.4. The van der Waals surface area contributed by atoms with E-state index >= 15 is 0 Å². The van der Waals surface area contributed by atoms with Crippen molar-refractivity contribution in [1.82, 2.24) is 4.90 Å². The van der Waals surface area contributed by atoms with Gasteiger partial charge in [-0.3, -0.25) is 4.90 Å². The van der Waals surface area contributed by atoms with Gasteiger partial charge in [-0.15, -0.1) is 0 Å². The van der Waals surface area contributed by atoms with Crippen molar-refractivity contribution in [1.29, 1.82) is 0 Å². The molecule has 0 atom stereocenters. The second kappa shape index (κ2) is 4.50. The van der Waals surface area contributed by atoms with Gasteiger partial charge in [0.05, 0.1) is 12.2 Å². The van der Waals surface area contributed by atoms with Gasteiger partial charge in [0.1, 0.15) is 12.2 Å². The first-order valence-electron chi connectivity index (χ1n) is 5.14. The summed E-state index contributed by atoms with van der Waals surface area (Å²) in [6.07, 6.45) is -0.157. The van der Waals surface area contributed by atoms with Crippen LogP contribution in [-0.2, 0) is 9.47 Å². The molecule has 0 saturated carbocycles. The highest BCUT2D eigenvalue weighted by Gasteiger charge is 2.34. The fraction of sp³-hybridized carbons (Fsp3) is 0.667. The lowest BCUT2D eigenvalue weighted by atomic mass is 9.88. The fourth-order valence-electron chi connectivity index (χ4n) is 1.16. The lowest BCUT2D eigenvalue weighted by Gasteiger charge is -2.31. The topological polar surface area (TPSA) is 38.8 Å². The van der Waals surface area contributed by atoms with Crippen molar-refractivity contribution in [3.63, 3.8) is 0 Å². The molecule has 0 aliphatic carbocycles. The Morgan fingerprint density at radius 3 is 2.53 bits per heavy atom. The Labute approximate surface area is 97.4 Å². The summed E-state index contributed by atoms with van der Waals surface area (Å²) in [5.74, 6) is 0. The monoisotopic (exact) mass is 252 g/mol. The molecule has 4 nitrogen and oxygen atoms in total. The first kappa shape index (κ1) is 13.7. The van der Waals surface area contributed by atoms with Gasteiger partial charge in [-0.2, -0.15) is 0 Å². The summed E-state index contributed by atoms with van der Waals surface area (Å²) in [6, 6.07) is 0. The predicted molar refractivity (Wildman–Crippen MR) is 56.1 cm³/mol. The Morgan fingerprint density at radius 1 is 1.47 bits per heavy atom. The Morgan fingerprint density at radius 2 is 2.06 bits per heavy atom. The Balaban J connectivity index is 2.76. The van der Waals surface area contributed by atoms with Crippen molar-refractivity contribution >= 4 is 13.1 Å². The minimum absolute atomic E-state index is 0.0462. The zero-order chi connectivity index (χ0) is 13.3. The van der Waals surface area contributed by atoms with E-state index < -0.39 is 24.3 Å². The molecule has 0 saturated heterocycles. The van der Waals surface area contributed by atoms with Crippen LogP contribution in [0.25, 0.3) is 0 Å². The molecule has 0 aromatic carbocycles. The molecule has 0 fully saturated rings. The lowest BCUT2D eigenvalue weighted by Crippen LogP contribution is -2.40. The van der Waals surface area contributed by atoms with Crippen molar-refractivity contribution in [3.8, 4) is 0 Å². The summed E-state index contributed by atoms with van der Waals surface area (Å²) in [6.45, 7) is -0.448. The number of nitrogens with zero attached hydrogens (tertiary/aromatic N) is 1. The van der Waals surface area contributed by atoms with Gasteiger partial charge in [0.15, 0.2) is 0 Å². The molecular formula is C9H14BF3NO3-. The number of carbonyl (C=O) groups is 1. The number of hydrogen-bond acceptors (Lipinski definition) is 3. The van der Waals surface area contributed by atoms with Crippen LogP contribution in [-0.4, -0.2) is 36.7 Å². The molecule has 1 amide bonds.